The average molecular weight is 718 g/mol. The molecule has 1 aliphatic heterocycles. The van der Waals surface area contributed by atoms with Crippen molar-refractivity contribution >= 4 is 61.6 Å². The first-order valence-electron chi connectivity index (χ1n) is 16.5. The summed E-state index contributed by atoms with van der Waals surface area (Å²) in [5, 5.41) is 10.5. The highest BCUT2D eigenvalue weighted by atomic mass is 35.5. The lowest BCUT2D eigenvalue weighted by Crippen LogP contribution is -2.64. The second-order valence-electron chi connectivity index (χ2n) is 12.5. The highest BCUT2D eigenvalue weighted by Crippen LogP contribution is 2.33. The summed E-state index contributed by atoms with van der Waals surface area (Å²) in [6.07, 6.45) is 7.46. The summed E-state index contributed by atoms with van der Waals surface area (Å²) in [7, 11) is -3.30. The highest BCUT2D eigenvalue weighted by Gasteiger charge is 2.40. The average Bonchev–Trinajstić information content (AvgIpc) is 3.61. The fourth-order valence-electron chi connectivity index (χ4n) is 6.36. The maximum absolute atomic E-state index is 14.3. The van der Waals surface area contributed by atoms with Gasteiger partial charge in [-0.05, 0) is 48.6 Å². The van der Waals surface area contributed by atoms with Gasteiger partial charge in [-0.15, -0.1) is 11.3 Å². The van der Waals surface area contributed by atoms with E-state index < -0.39 is 28.2 Å². The monoisotopic (exact) mass is 717 g/mol. The molecule has 3 N–H and O–H groups in total. The molecule has 5 rings (SSSR count). The smallest absolute Gasteiger partial charge is 0.409 e. The van der Waals surface area contributed by atoms with Gasteiger partial charge in [-0.1, -0.05) is 73.7 Å². The predicted octanol–water partition coefficient (Wildman–Crippen LogP) is 4.89. The zero-order valence-electron chi connectivity index (χ0n) is 27.2. The van der Waals surface area contributed by atoms with E-state index in [1.807, 2.05) is 47.8 Å². The Morgan fingerprint density at radius 2 is 1.81 bits per heavy atom. The number of nitrogens with zero attached hydrogens (tertiary/aromatic N) is 2. The molecule has 260 valence electrons. The molecule has 3 aromatic rings. The van der Waals surface area contributed by atoms with Gasteiger partial charge in [0.05, 0.1) is 30.4 Å². The number of halogens is 1. The number of benzene rings is 2. The summed E-state index contributed by atoms with van der Waals surface area (Å²) in [5.74, 6) is -0.329. The molecule has 1 saturated carbocycles. The SMILES string of the molecule is CS(=O)(=O)NCCCC[C@@H](NC1CCCCC1)C(=O)N1CCN(C(=O)Oc2ccc3ccccc3c2Cl)C[C@H]1C(=O)NCc1cccs1. The Balaban J connectivity index is 1.31. The Kier molecular flexibility index (Phi) is 12.7. The summed E-state index contributed by atoms with van der Waals surface area (Å²) in [5.41, 5.74) is 0. The molecule has 14 heteroatoms. The maximum atomic E-state index is 14.3. The van der Waals surface area contributed by atoms with Gasteiger partial charge in [0.2, 0.25) is 21.8 Å². The number of piperazine rings is 1. The fraction of sp³-hybridized carbons (Fsp3) is 0.500. The van der Waals surface area contributed by atoms with Gasteiger partial charge in [0, 0.05) is 35.9 Å². The molecular weight excluding hydrogens is 674 g/mol. The van der Waals surface area contributed by atoms with Crippen LogP contribution in [0.3, 0.4) is 0 Å². The number of ether oxygens (including phenoxy) is 1. The molecule has 11 nitrogen and oxygen atoms in total. The Labute approximate surface area is 291 Å². The number of carbonyl (C=O) groups excluding carboxylic acids is 3. The lowest BCUT2D eigenvalue weighted by molar-refractivity contribution is -0.145. The number of hydrogen-bond donors (Lipinski definition) is 3. The number of sulfonamides is 1. The Bertz CT molecular complexity index is 1670. The van der Waals surface area contributed by atoms with Gasteiger partial charge in [-0.2, -0.15) is 0 Å². The van der Waals surface area contributed by atoms with Crippen LogP contribution in [-0.4, -0.2) is 86.7 Å². The van der Waals surface area contributed by atoms with Crippen molar-refractivity contribution in [3.05, 3.63) is 63.8 Å². The third kappa shape index (κ3) is 9.91. The molecule has 1 aliphatic carbocycles. The number of fused-ring (bicyclic) bond motifs is 1. The van der Waals surface area contributed by atoms with Gasteiger partial charge in [-0.3, -0.25) is 9.59 Å². The van der Waals surface area contributed by atoms with E-state index in [0.29, 0.717) is 37.4 Å². The van der Waals surface area contributed by atoms with Gasteiger partial charge >= 0.3 is 6.09 Å². The molecule has 2 aliphatic rings. The zero-order chi connectivity index (χ0) is 34.1. The van der Waals surface area contributed by atoms with Crippen molar-refractivity contribution in [3.8, 4) is 5.75 Å². The molecule has 0 bridgehead atoms. The summed E-state index contributed by atoms with van der Waals surface area (Å²) in [6, 6.07) is 13.6. The maximum Gasteiger partial charge on any atom is 0.415 e. The van der Waals surface area contributed by atoms with Crippen LogP contribution in [0.25, 0.3) is 10.8 Å². The first-order valence-corrected chi connectivity index (χ1v) is 19.7. The van der Waals surface area contributed by atoms with Crippen molar-refractivity contribution in [2.24, 2.45) is 0 Å². The molecule has 0 spiro atoms. The molecule has 3 amide bonds. The van der Waals surface area contributed by atoms with Crippen LogP contribution in [0.2, 0.25) is 5.02 Å². The summed E-state index contributed by atoms with van der Waals surface area (Å²) in [6.45, 7) is 0.885. The molecular formula is C34H44ClN5O6S2. The Hall–Kier alpha value is -3.23. The van der Waals surface area contributed by atoms with Crippen molar-refractivity contribution in [2.75, 3.05) is 32.4 Å². The van der Waals surface area contributed by atoms with E-state index in [-0.39, 0.29) is 43.2 Å². The second-order valence-corrected chi connectivity index (χ2v) is 15.7. The van der Waals surface area contributed by atoms with E-state index >= 15 is 0 Å². The molecule has 0 radical (unpaired) electrons. The predicted molar refractivity (Wildman–Crippen MR) is 189 cm³/mol. The molecule has 2 fully saturated rings. The lowest BCUT2D eigenvalue weighted by Gasteiger charge is -2.42. The van der Waals surface area contributed by atoms with E-state index in [1.54, 1.807) is 11.0 Å². The number of amides is 3. The Morgan fingerprint density at radius 1 is 1.02 bits per heavy atom. The van der Waals surface area contributed by atoms with Crippen LogP contribution >= 0.6 is 22.9 Å². The molecule has 48 heavy (non-hydrogen) atoms. The molecule has 2 aromatic carbocycles. The van der Waals surface area contributed by atoms with Gasteiger partial charge in [0.15, 0.2) is 5.75 Å². The molecule has 2 heterocycles. The highest BCUT2D eigenvalue weighted by molar-refractivity contribution is 7.88. The second kappa shape index (κ2) is 16.9. The standard InChI is InChI=1S/C34H44ClN5O6S2/c1-48(44,45)37-18-8-7-15-28(38-25-11-3-2-4-12-25)33(42)40-20-19-39(23-29(40)32(41)36-22-26-13-9-21-47-26)34(43)46-30-17-16-24-10-5-6-14-27(24)31(30)35/h5-6,9-10,13-14,16-17,21,25,28-29,37-38H,2-4,7-8,11-12,15,18-20,22-23H2,1H3,(H,36,41)/t28-,29+/m1/s1. The number of rotatable bonds is 13. The molecule has 2 atom stereocenters. The van der Waals surface area contributed by atoms with E-state index in [0.717, 1.165) is 47.6 Å². The zero-order valence-corrected chi connectivity index (χ0v) is 29.5. The quantitative estimate of drug-likeness (QED) is 0.214. The van der Waals surface area contributed by atoms with Crippen LogP contribution in [0.15, 0.2) is 53.9 Å². The van der Waals surface area contributed by atoms with Crippen molar-refractivity contribution < 1.29 is 27.5 Å². The van der Waals surface area contributed by atoms with Gasteiger partial charge in [-0.25, -0.2) is 17.9 Å². The topological polar surface area (TPSA) is 137 Å². The summed E-state index contributed by atoms with van der Waals surface area (Å²) < 4.78 is 31.3. The van der Waals surface area contributed by atoms with Crippen molar-refractivity contribution in [3.63, 3.8) is 0 Å². The van der Waals surface area contributed by atoms with Crippen LogP contribution < -0.4 is 20.1 Å². The van der Waals surface area contributed by atoms with Gasteiger partial charge in [0.25, 0.3) is 0 Å². The van der Waals surface area contributed by atoms with Crippen LogP contribution in [0.4, 0.5) is 4.79 Å². The third-order valence-electron chi connectivity index (χ3n) is 8.89. The van der Waals surface area contributed by atoms with Crippen molar-refractivity contribution in [1.29, 1.82) is 0 Å². The van der Waals surface area contributed by atoms with Crippen molar-refractivity contribution in [1.82, 2.24) is 25.2 Å². The van der Waals surface area contributed by atoms with E-state index in [4.69, 9.17) is 16.3 Å². The lowest BCUT2D eigenvalue weighted by atomic mass is 9.94. The number of thiophene rings is 1. The Morgan fingerprint density at radius 3 is 2.56 bits per heavy atom. The van der Waals surface area contributed by atoms with E-state index in [9.17, 15) is 22.8 Å². The number of hydrogen-bond acceptors (Lipinski definition) is 8. The summed E-state index contributed by atoms with van der Waals surface area (Å²) in [4.78, 5) is 45.5. The number of nitrogens with one attached hydrogen (secondary N) is 3. The van der Waals surface area contributed by atoms with Gasteiger partial charge < -0.3 is 25.2 Å². The molecule has 0 unspecified atom stereocenters. The van der Waals surface area contributed by atoms with E-state index in [1.165, 1.54) is 22.7 Å². The number of carbonyl (C=O) groups is 3. The number of unbranched alkanes of at least 4 members (excludes halogenated alkanes) is 1. The molecule has 1 saturated heterocycles. The van der Waals surface area contributed by atoms with Gasteiger partial charge in [0.1, 0.15) is 6.04 Å². The first kappa shape index (κ1) is 36.1. The minimum absolute atomic E-state index is 0.0412. The first-order chi connectivity index (χ1) is 23.1. The van der Waals surface area contributed by atoms with Crippen LogP contribution in [0.5, 0.6) is 5.75 Å². The normalized spacial score (nSPS) is 18.1. The minimum Gasteiger partial charge on any atom is -0.409 e. The fourth-order valence-corrected chi connectivity index (χ4v) is 7.79. The summed E-state index contributed by atoms with van der Waals surface area (Å²) >= 11 is 8.13. The van der Waals surface area contributed by atoms with Crippen LogP contribution in [0.1, 0.15) is 56.2 Å². The van der Waals surface area contributed by atoms with Crippen molar-refractivity contribution in [2.45, 2.75) is 76.0 Å². The van der Waals surface area contributed by atoms with E-state index in [2.05, 4.69) is 15.4 Å². The third-order valence-corrected chi connectivity index (χ3v) is 10.9. The molecule has 1 aromatic heterocycles. The van der Waals surface area contributed by atoms with Crippen LogP contribution in [-0.2, 0) is 26.2 Å². The largest absolute Gasteiger partial charge is 0.415 e. The van der Waals surface area contributed by atoms with Crippen LogP contribution in [0, 0.1) is 0 Å². The minimum atomic E-state index is -3.30.